The number of rotatable bonds is 3. The third-order valence-electron chi connectivity index (χ3n) is 3.59. The molecule has 1 aliphatic rings. The van der Waals surface area contributed by atoms with Gasteiger partial charge in [0.25, 0.3) is 0 Å². The lowest BCUT2D eigenvalue weighted by molar-refractivity contribution is 0.204. The van der Waals surface area contributed by atoms with Gasteiger partial charge in [0.1, 0.15) is 5.82 Å². The van der Waals surface area contributed by atoms with Crippen molar-refractivity contribution in [3.8, 4) is 0 Å². The Balaban J connectivity index is 1.80. The van der Waals surface area contributed by atoms with E-state index in [0.717, 1.165) is 38.4 Å². The Labute approximate surface area is 115 Å². The summed E-state index contributed by atoms with van der Waals surface area (Å²) in [6.45, 7) is 4.50. The highest BCUT2D eigenvalue weighted by atomic mass is 16.3. The van der Waals surface area contributed by atoms with Crippen molar-refractivity contribution in [2.24, 2.45) is 0 Å². The van der Waals surface area contributed by atoms with E-state index in [0.29, 0.717) is 12.2 Å². The van der Waals surface area contributed by atoms with Crippen LogP contribution in [0.3, 0.4) is 0 Å². The van der Waals surface area contributed by atoms with Gasteiger partial charge in [0, 0.05) is 26.2 Å². The van der Waals surface area contributed by atoms with E-state index < -0.39 is 0 Å². The predicted octanol–water partition coefficient (Wildman–Crippen LogP) is -1.08. The number of fused-ring (bicyclic) bond motifs is 1. The van der Waals surface area contributed by atoms with Crippen molar-refractivity contribution >= 4 is 11.5 Å². The number of aliphatic hydroxyl groups excluding tert-OH is 1. The van der Waals surface area contributed by atoms with Crippen LogP contribution >= 0.6 is 0 Å². The highest BCUT2D eigenvalue weighted by Gasteiger charge is 2.16. The van der Waals surface area contributed by atoms with Crippen molar-refractivity contribution < 1.29 is 5.11 Å². The molecule has 108 valence electrons. The Morgan fingerprint density at radius 3 is 3.00 bits per heavy atom. The zero-order valence-electron chi connectivity index (χ0n) is 11.2. The molecule has 0 aromatic carbocycles. The second-order valence-electron chi connectivity index (χ2n) is 4.90. The molecule has 20 heavy (non-hydrogen) atoms. The quantitative estimate of drug-likeness (QED) is 0.742. The summed E-state index contributed by atoms with van der Waals surface area (Å²) in [5.74, 6) is 0.784. The van der Waals surface area contributed by atoms with Gasteiger partial charge in [-0.3, -0.25) is 4.90 Å². The van der Waals surface area contributed by atoms with Gasteiger partial charge in [-0.05, 0) is 25.1 Å². The number of nitrogens with zero attached hydrogens (tertiary/aromatic N) is 5. The van der Waals surface area contributed by atoms with Crippen LogP contribution in [0.5, 0.6) is 0 Å². The molecule has 1 saturated heterocycles. The van der Waals surface area contributed by atoms with Gasteiger partial charge < -0.3 is 10.0 Å². The third-order valence-corrected chi connectivity index (χ3v) is 3.59. The van der Waals surface area contributed by atoms with E-state index in [-0.39, 0.29) is 12.3 Å². The van der Waals surface area contributed by atoms with E-state index in [4.69, 9.17) is 5.11 Å². The number of hydrogen-bond donors (Lipinski definition) is 2. The van der Waals surface area contributed by atoms with Crippen LogP contribution in [0, 0.1) is 0 Å². The van der Waals surface area contributed by atoms with Gasteiger partial charge in [0.15, 0.2) is 5.65 Å². The lowest BCUT2D eigenvalue weighted by atomic mass is 10.3. The minimum Gasteiger partial charge on any atom is -0.395 e. The Morgan fingerprint density at radius 2 is 2.15 bits per heavy atom. The van der Waals surface area contributed by atoms with Crippen LogP contribution < -0.4 is 10.6 Å². The average Bonchev–Trinajstić information content (AvgIpc) is 2.69. The smallest absolute Gasteiger partial charge is 0.364 e. The number of aromatic amines is 1. The van der Waals surface area contributed by atoms with Crippen LogP contribution in [0.2, 0.25) is 0 Å². The first-order valence-electron chi connectivity index (χ1n) is 6.80. The Bertz CT molecular complexity index is 636. The molecule has 3 heterocycles. The van der Waals surface area contributed by atoms with E-state index in [9.17, 15) is 4.79 Å². The molecule has 1 aliphatic heterocycles. The molecular weight excluding hydrogens is 260 g/mol. The minimum absolute atomic E-state index is 0.189. The van der Waals surface area contributed by atoms with Crippen LogP contribution in [0.4, 0.5) is 5.82 Å². The van der Waals surface area contributed by atoms with Gasteiger partial charge in [0.05, 0.1) is 6.61 Å². The van der Waals surface area contributed by atoms with Gasteiger partial charge in [-0.2, -0.15) is 9.61 Å². The Kier molecular flexibility index (Phi) is 3.66. The fourth-order valence-electron chi connectivity index (χ4n) is 2.53. The van der Waals surface area contributed by atoms with Crippen LogP contribution in [0.15, 0.2) is 16.9 Å². The SMILES string of the molecule is O=c1[nH]nc2ccc(N3CCCN(CCO)CC3)nn12. The van der Waals surface area contributed by atoms with Gasteiger partial charge in [-0.1, -0.05) is 0 Å². The average molecular weight is 278 g/mol. The molecule has 2 aromatic rings. The number of aliphatic hydroxyl groups is 1. The topological polar surface area (TPSA) is 89.8 Å². The summed E-state index contributed by atoms with van der Waals surface area (Å²) in [7, 11) is 0. The summed E-state index contributed by atoms with van der Waals surface area (Å²) < 4.78 is 1.28. The van der Waals surface area contributed by atoms with E-state index in [1.54, 1.807) is 6.07 Å². The second-order valence-corrected chi connectivity index (χ2v) is 4.90. The summed E-state index contributed by atoms with van der Waals surface area (Å²) in [6.07, 6.45) is 1.01. The lowest BCUT2D eigenvalue weighted by Gasteiger charge is -2.22. The Morgan fingerprint density at radius 1 is 1.25 bits per heavy atom. The van der Waals surface area contributed by atoms with Crippen LogP contribution in [-0.4, -0.2) is 69.1 Å². The number of H-pyrrole nitrogens is 1. The molecule has 0 unspecified atom stereocenters. The monoisotopic (exact) mass is 278 g/mol. The summed E-state index contributed by atoms with van der Waals surface area (Å²) in [5, 5.41) is 19.6. The van der Waals surface area contributed by atoms with Crippen molar-refractivity contribution in [3.05, 3.63) is 22.6 Å². The summed E-state index contributed by atoms with van der Waals surface area (Å²) in [6, 6.07) is 3.67. The van der Waals surface area contributed by atoms with Gasteiger partial charge in [-0.15, -0.1) is 5.10 Å². The molecule has 0 spiro atoms. The van der Waals surface area contributed by atoms with Crippen LogP contribution in [-0.2, 0) is 0 Å². The number of aromatic nitrogens is 4. The molecule has 1 fully saturated rings. The summed E-state index contributed by atoms with van der Waals surface area (Å²) in [4.78, 5) is 15.9. The molecule has 0 amide bonds. The largest absolute Gasteiger partial charge is 0.395 e. The van der Waals surface area contributed by atoms with Crippen molar-refractivity contribution in [2.45, 2.75) is 6.42 Å². The van der Waals surface area contributed by atoms with Crippen molar-refractivity contribution in [2.75, 3.05) is 44.2 Å². The minimum atomic E-state index is -0.321. The molecule has 0 bridgehead atoms. The van der Waals surface area contributed by atoms with Gasteiger partial charge in [-0.25, -0.2) is 9.89 Å². The highest BCUT2D eigenvalue weighted by Crippen LogP contribution is 2.13. The standard InChI is InChI=1S/C12H18N6O2/c19-9-8-16-4-1-5-17(7-6-16)11-3-2-10-13-14-12(20)18(10)15-11/h2-3,19H,1,4-9H2,(H,14,20). The Hall–Kier alpha value is -1.93. The molecule has 2 N–H and O–H groups in total. The fraction of sp³-hybridized carbons (Fsp3) is 0.583. The van der Waals surface area contributed by atoms with Crippen LogP contribution in [0.25, 0.3) is 5.65 Å². The summed E-state index contributed by atoms with van der Waals surface area (Å²) in [5.41, 5.74) is 0.203. The van der Waals surface area contributed by atoms with E-state index in [2.05, 4.69) is 25.1 Å². The molecule has 8 nitrogen and oxygen atoms in total. The van der Waals surface area contributed by atoms with Crippen LogP contribution in [0.1, 0.15) is 6.42 Å². The second kappa shape index (κ2) is 5.59. The molecule has 3 rings (SSSR count). The number of β-amino-alcohol motifs (C(OH)–C–C–N with tert-alkyl or cyclic N) is 1. The molecule has 0 atom stereocenters. The molecule has 0 radical (unpaired) electrons. The fourth-order valence-corrected chi connectivity index (χ4v) is 2.53. The molecule has 0 aliphatic carbocycles. The first-order valence-corrected chi connectivity index (χ1v) is 6.80. The zero-order valence-corrected chi connectivity index (χ0v) is 11.2. The summed E-state index contributed by atoms with van der Waals surface area (Å²) >= 11 is 0. The lowest BCUT2D eigenvalue weighted by Crippen LogP contribution is -2.33. The number of hydrogen-bond acceptors (Lipinski definition) is 6. The normalized spacial score (nSPS) is 17.6. The maximum Gasteiger partial charge on any atom is 0.364 e. The maximum atomic E-state index is 11.5. The first kappa shape index (κ1) is 13.1. The van der Waals surface area contributed by atoms with Gasteiger partial charge in [0.2, 0.25) is 0 Å². The van der Waals surface area contributed by atoms with E-state index >= 15 is 0 Å². The molecule has 2 aromatic heterocycles. The maximum absolute atomic E-state index is 11.5. The van der Waals surface area contributed by atoms with Crippen molar-refractivity contribution in [3.63, 3.8) is 0 Å². The molecule has 0 saturated carbocycles. The highest BCUT2D eigenvalue weighted by molar-refractivity contribution is 5.45. The number of nitrogens with one attached hydrogen (secondary N) is 1. The molecule has 8 heteroatoms. The van der Waals surface area contributed by atoms with Crippen molar-refractivity contribution in [1.82, 2.24) is 24.7 Å². The van der Waals surface area contributed by atoms with Gasteiger partial charge >= 0.3 is 5.69 Å². The van der Waals surface area contributed by atoms with E-state index in [1.807, 2.05) is 6.07 Å². The third kappa shape index (κ3) is 2.52. The first-order chi connectivity index (χ1) is 9.78. The van der Waals surface area contributed by atoms with E-state index in [1.165, 1.54) is 4.52 Å². The number of anilines is 1. The predicted molar refractivity (Wildman–Crippen MR) is 74.0 cm³/mol. The molecular formula is C12H18N6O2. The van der Waals surface area contributed by atoms with Crippen molar-refractivity contribution in [1.29, 1.82) is 0 Å². The zero-order chi connectivity index (χ0) is 13.9.